The first-order valence-corrected chi connectivity index (χ1v) is 11.4. The van der Waals surface area contributed by atoms with Crippen LogP contribution in [0.3, 0.4) is 0 Å². The van der Waals surface area contributed by atoms with Crippen LogP contribution < -0.4 is 10.1 Å². The molecule has 1 aromatic carbocycles. The number of carboxylic acids is 1. The van der Waals surface area contributed by atoms with Gasteiger partial charge in [-0.05, 0) is 19.1 Å². The lowest BCUT2D eigenvalue weighted by molar-refractivity contribution is -0.288. The quantitative estimate of drug-likeness (QED) is 0.306. The highest BCUT2D eigenvalue weighted by atomic mass is 16.7. The number of amides is 1. The zero-order valence-corrected chi connectivity index (χ0v) is 21.3. The maximum Gasteiger partial charge on any atom is 0.325 e. The smallest absolute Gasteiger partial charge is 0.325 e. The van der Waals surface area contributed by atoms with Crippen molar-refractivity contribution < 1.29 is 62.3 Å². The summed E-state index contributed by atoms with van der Waals surface area (Å²) in [5.41, 5.74) is -0.0894. The molecule has 2 N–H and O–H groups in total. The van der Waals surface area contributed by atoms with Gasteiger partial charge in [0.15, 0.2) is 12.2 Å². The summed E-state index contributed by atoms with van der Waals surface area (Å²) in [6, 6.07) is 4.51. The van der Waals surface area contributed by atoms with E-state index in [1.807, 2.05) is 0 Å². The number of esters is 4. The van der Waals surface area contributed by atoms with Crippen molar-refractivity contribution in [3.05, 3.63) is 29.8 Å². The predicted octanol–water partition coefficient (Wildman–Crippen LogP) is 0.351. The van der Waals surface area contributed by atoms with Crippen LogP contribution >= 0.6 is 0 Å². The SMILES string of the molecule is CC(=O)OC[C@@H]1O[C@H](Oc2ccccc2C(=O)N[C@@H](C)C(=O)O)[C@@H](OC(C)=O)[C@H](OC(C)=O)[C@H]1OC(C)=O. The van der Waals surface area contributed by atoms with Crippen molar-refractivity contribution in [2.24, 2.45) is 0 Å². The number of hydrogen-bond acceptors (Lipinski definition) is 12. The number of rotatable bonds is 10. The number of para-hydroxylation sites is 1. The molecular weight excluding hydrogens is 510 g/mol. The Bertz CT molecular complexity index is 1070. The maximum atomic E-state index is 12.7. The van der Waals surface area contributed by atoms with E-state index in [0.29, 0.717) is 0 Å². The van der Waals surface area contributed by atoms with Crippen molar-refractivity contribution in [1.29, 1.82) is 0 Å². The molecular formula is C24H29NO13. The van der Waals surface area contributed by atoms with Gasteiger partial charge >= 0.3 is 29.8 Å². The third-order valence-electron chi connectivity index (χ3n) is 5.04. The van der Waals surface area contributed by atoms with E-state index in [1.54, 1.807) is 0 Å². The van der Waals surface area contributed by atoms with E-state index in [2.05, 4.69) is 5.32 Å². The lowest BCUT2D eigenvalue weighted by atomic mass is 9.98. The number of hydrogen-bond donors (Lipinski definition) is 2. The van der Waals surface area contributed by atoms with Crippen molar-refractivity contribution in [3.8, 4) is 5.75 Å². The Balaban J connectivity index is 2.51. The van der Waals surface area contributed by atoms with Crippen molar-refractivity contribution in [3.63, 3.8) is 0 Å². The standard InChI is InChI=1S/C24H29NO13/c1-11(23(31)32)25-22(30)16-8-6-7-9-17(16)37-24-21(36-15(5)29)20(35-14(4)28)19(34-13(3)27)18(38-24)10-33-12(2)26/h6-9,11,18-21,24H,10H2,1-5H3,(H,25,30)(H,31,32)/t11-,18-,19-,20+,21-,24-/m0/s1. The second-order valence-electron chi connectivity index (χ2n) is 8.22. The Kier molecular flexibility index (Phi) is 10.6. The molecule has 2 rings (SSSR count). The van der Waals surface area contributed by atoms with Gasteiger partial charge in [0.25, 0.3) is 5.91 Å². The first-order valence-electron chi connectivity index (χ1n) is 11.4. The van der Waals surface area contributed by atoms with Gasteiger partial charge in [0.05, 0.1) is 5.56 Å². The Labute approximate surface area is 217 Å². The largest absolute Gasteiger partial charge is 0.480 e. The van der Waals surface area contributed by atoms with Gasteiger partial charge in [0, 0.05) is 27.7 Å². The molecule has 208 valence electrons. The summed E-state index contributed by atoms with van der Waals surface area (Å²) < 4.78 is 32.7. The zero-order valence-electron chi connectivity index (χ0n) is 21.3. The number of carbonyl (C=O) groups is 6. The molecule has 1 aromatic rings. The fourth-order valence-corrected chi connectivity index (χ4v) is 3.50. The van der Waals surface area contributed by atoms with E-state index in [4.69, 9.17) is 33.5 Å². The molecule has 14 heteroatoms. The van der Waals surface area contributed by atoms with Gasteiger partial charge in [-0.25, -0.2) is 0 Å². The maximum absolute atomic E-state index is 12.7. The minimum atomic E-state index is -1.57. The molecule has 0 radical (unpaired) electrons. The van der Waals surface area contributed by atoms with Crippen LogP contribution in [0.5, 0.6) is 5.75 Å². The predicted molar refractivity (Wildman–Crippen MR) is 124 cm³/mol. The number of ether oxygens (including phenoxy) is 6. The van der Waals surface area contributed by atoms with Gasteiger partial charge < -0.3 is 38.8 Å². The second-order valence-corrected chi connectivity index (χ2v) is 8.22. The monoisotopic (exact) mass is 539 g/mol. The zero-order chi connectivity index (χ0) is 28.6. The van der Waals surface area contributed by atoms with Crippen molar-refractivity contribution >= 4 is 35.8 Å². The third kappa shape index (κ3) is 8.44. The van der Waals surface area contributed by atoms with Crippen LogP contribution in [0.1, 0.15) is 45.0 Å². The minimum Gasteiger partial charge on any atom is -0.480 e. The van der Waals surface area contributed by atoms with Gasteiger partial charge in [-0.15, -0.1) is 0 Å². The van der Waals surface area contributed by atoms with Crippen molar-refractivity contribution in [2.45, 2.75) is 71.4 Å². The topological polar surface area (TPSA) is 190 Å². The van der Waals surface area contributed by atoms with E-state index in [9.17, 15) is 28.8 Å². The molecule has 0 saturated carbocycles. The van der Waals surface area contributed by atoms with Crippen LogP contribution in [-0.4, -0.2) is 84.2 Å². The summed E-state index contributed by atoms with van der Waals surface area (Å²) in [6.45, 7) is 5.17. The van der Waals surface area contributed by atoms with E-state index in [1.165, 1.54) is 31.2 Å². The van der Waals surface area contributed by atoms with E-state index in [-0.39, 0.29) is 11.3 Å². The highest BCUT2D eigenvalue weighted by molar-refractivity contribution is 5.98. The number of aliphatic carboxylic acids is 1. The molecule has 0 aromatic heterocycles. The fraction of sp³-hybridized carbons (Fsp3) is 0.500. The van der Waals surface area contributed by atoms with Gasteiger partial charge in [-0.2, -0.15) is 0 Å². The normalized spacial score (nSPS) is 23.2. The molecule has 1 heterocycles. The van der Waals surface area contributed by atoms with E-state index < -0.39 is 79.1 Å². The summed E-state index contributed by atoms with van der Waals surface area (Å²) in [7, 11) is 0. The average molecular weight is 539 g/mol. The van der Waals surface area contributed by atoms with Crippen LogP contribution in [0.15, 0.2) is 24.3 Å². The molecule has 1 aliphatic heterocycles. The molecule has 0 unspecified atom stereocenters. The number of carbonyl (C=O) groups excluding carboxylic acids is 5. The van der Waals surface area contributed by atoms with Crippen LogP contribution in [-0.2, 0) is 47.7 Å². The molecule has 0 spiro atoms. The fourth-order valence-electron chi connectivity index (χ4n) is 3.50. The second kappa shape index (κ2) is 13.4. The molecule has 1 fully saturated rings. The van der Waals surface area contributed by atoms with Crippen molar-refractivity contribution in [2.75, 3.05) is 6.61 Å². The Morgan fingerprint density at radius 2 is 1.42 bits per heavy atom. The molecule has 1 saturated heterocycles. The summed E-state index contributed by atoms with van der Waals surface area (Å²) in [6.07, 6.45) is -7.18. The van der Waals surface area contributed by atoms with Crippen LogP contribution in [0.25, 0.3) is 0 Å². The van der Waals surface area contributed by atoms with E-state index >= 15 is 0 Å². The van der Waals surface area contributed by atoms with Crippen LogP contribution in [0.2, 0.25) is 0 Å². The summed E-state index contributed by atoms with van der Waals surface area (Å²) >= 11 is 0. The van der Waals surface area contributed by atoms with Gasteiger partial charge in [-0.1, -0.05) is 12.1 Å². The summed E-state index contributed by atoms with van der Waals surface area (Å²) in [4.78, 5) is 71.1. The van der Waals surface area contributed by atoms with Crippen LogP contribution in [0, 0.1) is 0 Å². The van der Waals surface area contributed by atoms with Gasteiger partial charge in [0.1, 0.15) is 24.5 Å². The highest BCUT2D eigenvalue weighted by Gasteiger charge is 2.53. The first-order chi connectivity index (χ1) is 17.8. The summed E-state index contributed by atoms with van der Waals surface area (Å²) in [5.74, 6) is -5.29. The Morgan fingerprint density at radius 3 is 1.97 bits per heavy atom. The molecule has 0 aliphatic carbocycles. The number of carboxylic acid groups (broad SMARTS) is 1. The summed E-state index contributed by atoms with van der Waals surface area (Å²) in [5, 5.41) is 11.4. The van der Waals surface area contributed by atoms with E-state index in [0.717, 1.165) is 27.7 Å². The highest BCUT2D eigenvalue weighted by Crippen LogP contribution is 2.32. The van der Waals surface area contributed by atoms with Crippen molar-refractivity contribution in [1.82, 2.24) is 5.32 Å². The van der Waals surface area contributed by atoms with Gasteiger partial charge in [0.2, 0.25) is 12.4 Å². The molecule has 1 aliphatic rings. The number of benzene rings is 1. The lowest BCUT2D eigenvalue weighted by Crippen LogP contribution is -2.63. The Morgan fingerprint density at radius 1 is 0.868 bits per heavy atom. The van der Waals surface area contributed by atoms with Gasteiger partial charge in [-0.3, -0.25) is 28.8 Å². The molecule has 0 bridgehead atoms. The minimum absolute atomic E-state index is 0.0894. The third-order valence-corrected chi connectivity index (χ3v) is 5.04. The number of nitrogens with one attached hydrogen (secondary N) is 1. The lowest BCUT2D eigenvalue weighted by Gasteiger charge is -2.44. The molecule has 38 heavy (non-hydrogen) atoms. The first kappa shape index (κ1) is 30.0. The molecule has 6 atom stereocenters. The van der Waals surface area contributed by atoms with Crippen LogP contribution in [0.4, 0.5) is 0 Å². The molecule has 14 nitrogen and oxygen atoms in total. The Hall–Kier alpha value is -4.20. The average Bonchev–Trinajstić information content (AvgIpc) is 2.80. The molecule has 1 amide bonds.